The molecular weight excluding hydrogens is 340 g/mol. The molecule has 0 radical (unpaired) electrons. The van der Waals surface area contributed by atoms with Crippen molar-refractivity contribution in [1.82, 2.24) is 15.0 Å². The van der Waals surface area contributed by atoms with Gasteiger partial charge in [0.15, 0.2) is 0 Å². The average molecular weight is 356 g/mol. The quantitative estimate of drug-likeness (QED) is 0.729. The highest BCUT2D eigenvalue weighted by Crippen LogP contribution is 2.22. The molecule has 1 aromatic carbocycles. The third-order valence-corrected chi connectivity index (χ3v) is 4.71. The van der Waals surface area contributed by atoms with Crippen molar-refractivity contribution in [2.24, 2.45) is 0 Å². The van der Waals surface area contributed by atoms with Gasteiger partial charge in [-0.1, -0.05) is 17.7 Å². The Bertz CT molecular complexity index is 945. The molecule has 7 nitrogen and oxygen atoms in total. The minimum Gasteiger partial charge on any atom is -0.470 e. The zero-order chi connectivity index (χ0) is 17.7. The lowest BCUT2D eigenvalue weighted by atomic mass is 10.2. The van der Waals surface area contributed by atoms with Crippen molar-refractivity contribution in [3.63, 3.8) is 0 Å². The van der Waals surface area contributed by atoms with Crippen LogP contribution < -0.4 is 9.46 Å². The Labute approximate surface area is 145 Å². The molecule has 25 heavy (non-hydrogen) atoms. The molecule has 0 saturated carbocycles. The van der Waals surface area contributed by atoms with Crippen LogP contribution in [0.25, 0.3) is 0 Å². The van der Waals surface area contributed by atoms with Gasteiger partial charge in [0, 0.05) is 24.8 Å². The van der Waals surface area contributed by atoms with Crippen LogP contribution in [0, 0.1) is 6.92 Å². The molecule has 0 spiro atoms. The van der Waals surface area contributed by atoms with Crippen molar-refractivity contribution in [1.29, 1.82) is 0 Å². The highest BCUT2D eigenvalue weighted by atomic mass is 32.2. The molecular formula is C17H16N4O3S. The topological polar surface area (TPSA) is 94.1 Å². The van der Waals surface area contributed by atoms with Gasteiger partial charge in [-0.2, -0.15) is 0 Å². The second kappa shape index (κ2) is 7.27. The molecule has 0 aliphatic rings. The Balaban J connectivity index is 1.79. The van der Waals surface area contributed by atoms with Gasteiger partial charge in [0.2, 0.25) is 5.82 Å². The van der Waals surface area contributed by atoms with Gasteiger partial charge in [-0.25, -0.2) is 18.4 Å². The number of nitrogens with one attached hydrogen (secondary N) is 1. The second-order valence-corrected chi connectivity index (χ2v) is 6.96. The highest BCUT2D eigenvalue weighted by molar-refractivity contribution is 7.92. The minimum absolute atomic E-state index is 0.0390. The lowest BCUT2D eigenvalue weighted by Gasteiger charge is -2.11. The summed E-state index contributed by atoms with van der Waals surface area (Å²) < 4.78 is 33.0. The molecule has 1 N–H and O–H groups in total. The van der Waals surface area contributed by atoms with E-state index in [1.807, 2.05) is 6.92 Å². The maximum absolute atomic E-state index is 12.5. The zero-order valence-electron chi connectivity index (χ0n) is 13.5. The summed E-state index contributed by atoms with van der Waals surface area (Å²) >= 11 is 0. The van der Waals surface area contributed by atoms with Crippen molar-refractivity contribution < 1.29 is 13.2 Å². The first-order chi connectivity index (χ1) is 12.0. The maximum atomic E-state index is 12.5. The van der Waals surface area contributed by atoms with Crippen LogP contribution in [0.2, 0.25) is 0 Å². The molecule has 0 aliphatic carbocycles. The number of aromatic nitrogens is 3. The van der Waals surface area contributed by atoms with Gasteiger partial charge in [-0.15, -0.1) is 0 Å². The van der Waals surface area contributed by atoms with Crippen molar-refractivity contribution in [3.8, 4) is 5.88 Å². The number of ether oxygens (including phenoxy) is 1. The second-order valence-electron chi connectivity index (χ2n) is 5.27. The minimum atomic E-state index is -3.78. The van der Waals surface area contributed by atoms with E-state index >= 15 is 0 Å². The van der Waals surface area contributed by atoms with Crippen LogP contribution in [-0.4, -0.2) is 23.4 Å². The molecule has 0 saturated heterocycles. The number of hydrogen-bond donors (Lipinski definition) is 1. The SMILES string of the molecule is Cc1ccc(S(=O)(=O)Nc2nccnc2OCc2ccncc2)cc1. The molecule has 0 fully saturated rings. The number of anilines is 1. The predicted octanol–water partition coefficient (Wildman–Crippen LogP) is 2.56. The molecule has 128 valence electrons. The van der Waals surface area contributed by atoms with Crippen molar-refractivity contribution >= 4 is 15.8 Å². The first-order valence-electron chi connectivity index (χ1n) is 7.47. The fraction of sp³-hybridized carbons (Fsp3) is 0.118. The summed E-state index contributed by atoms with van der Waals surface area (Å²) in [4.78, 5) is 12.2. The summed E-state index contributed by atoms with van der Waals surface area (Å²) in [6.45, 7) is 2.11. The van der Waals surface area contributed by atoms with Crippen LogP contribution >= 0.6 is 0 Å². The van der Waals surface area contributed by atoms with E-state index in [0.29, 0.717) is 0 Å². The molecule has 2 aromatic heterocycles. The van der Waals surface area contributed by atoms with E-state index < -0.39 is 10.0 Å². The van der Waals surface area contributed by atoms with Gasteiger partial charge in [0.1, 0.15) is 6.61 Å². The van der Waals surface area contributed by atoms with Crippen LogP contribution in [-0.2, 0) is 16.6 Å². The van der Waals surface area contributed by atoms with E-state index in [0.717, 1.165) is 11.1 Å². The van der Waals surface area contributed by atoms with Gasteiger partial charge in [0.25, 0.3) is 15.9 Å². The number of sulfonamides is 1. The lowest BCUT2D eigenvalue weighted by molar-refractivity contribution is 0.294. The van der Waals surface area contributed by atoms with Gasteiger partial charge >= 0.3 is 0 Å². The summed E-state index contributed by atoms with van der Waals surface area (Å²) in [5.41, 5.74) is 1.85. The Kier molecular flexibility index (Phi) is 4.90. The Morgan fingerprint density at radius 1 is 0.960 bits per heavy atom. The van der Waals surface area contributed by atoms with Gasteiger partial charge in [-0.3, -0.25) is 9.71 Å². The number of nitrogens with zero attached hydrogens (tertiary/aromatic N) is 3. The van der Waals surface area contributed by atoms with Crippen LogP contribution in [0.3, 0.4) is 0 Å². The van der Waals surface area contributed by atoms with Crippen molar-refractivity contribution in [2.75, 3.05) is 4.72 Å². The highest BCUT2D eigenvalue weighted by Gasteiger charge is 2.18. The Morgan fingerprint density at radius 3 is 2.36 bits per heavy atom. The van der Waals surface area contributed by atoms with Crippen molar-refractivity contribution in [2.45, 2.75) is 18.4 Å². The molecule has 0 bridgehead atoms. The van der Waals surface area contributed by atoms with E-state index in [2.05, 4.69) is 19.7 Å². The molecule has 3 rings (SSSR count). The van der Waals surface area contributed by atoms with Crippen molar-refractivity contribution in [3.05, 3.63) is 72.3 Å². The number of aryl methyl sites for hydroxylation is 1. The molecule has 0 aliphatic heterocycles. The lowest BCUT2D eigenvalue weighted by Crippen LogP contribution is -2.15. The smallest absolute Gasteiger partial charge is 0.263 e. The van der Waals surface area contributed by atoms with Gasteiger partial charge in [0.05, 0.1) is 4.90 Å². The van der Waals surface area contributed by atoms with Gasteiger partial charge < -0.3 is 4.74 Å². The maximum Gasteiger partial charge on any atom is 0.263 e. The average Bonchev–Trinajstić information content (AvgIpc) is 2.62. The van der Waals surface area contributed by atoms with E-state index in [1.54, 1.807) is 36.7 Å². The van der Waals surface area contributed by atoms with Crippen LogP contribution in [0.4, 0.5) is 5.82 Å². The van der Waals surface area contributed by atoms with Crippen LogP contribution in [0.1, 0.15) is 11.1 Å². The fourth-order valence-electron chi connectivity index (χ4n) is 2.04. The third kappa shape index (κ3) is 4.30. The standard InChI is InChI=1S/C17H16N4O3S/c1-13-2-4-15(5-3-13)25(22,23)21-16-17(20-11-10-19-16)24-12-14-6-8-18-9-7-14/h2-11H,12H2,1H3,(H,19,21). The van der Waals surface area contributed by atoms with E-state index in [-0.39, 0.29) is 23.2 Å². The van der Waals surface area contributed by atoms with E-state index in [9.17, 15) is 8.42 Å². The number of rotatable bonds is 6. The summed E-state index contributed by atoms with van der Waals surface area (Å²) in [6.07, 6.45) is 6.13. The molecule has 0 amide bonds. The predicted molar refractivity (Wildman–Crippen MR) is 92.6 cm³/mol. The number of pyridine rings is 1. The zero-order valence-corrected chi connectivity index (χ0v) is 14.3. The molecule has 0 unspecified atom stereocenters. The number of hydrogen-bond acceptors (Lipinski definition) is 6. The van der Waals surface area contributed by atoms with E-state index in [1.165, 1.54) is 24.5 Å². The van der Waals surface area contributed by atoms with Gasteiger partial charge in [-0.05, 0) is 36.8 Å². The monoisotopic (exact) mass is 356 g/mol. The Morgan fingerprint density at radius 2 is 1.64 bits per heavy atom. The summed E-state index contributed by atoms with van der Waals surface area (Å²) in [7, 11) is -3.78. The normalized spacial score (nSPS) is 11.1. The largest absolute Gasteiger partial charge is 0.470 e. The first kappa shape index (κ1) is 16.8. The van der Waals surface area contributed by atoms with Crippen LogP contribution in [0.5, 0.6) is 5.88 Å². The fourth-order valence-corrected chi connectivity index (χ4v) is 3.04. The molecule has 0 atom stereocenters. The molecule has 8 heteroatoms. The molecule has 3 aromatic rings. The first-order valence-corrected chi connectivity index (χ1v) is 8.95. The third-order valence-electron chi connectivity index (χ3n) is 3.35. The summed E-state index contributed by atoms with van der Waals surface area (Å²) in [6, 6.07) is 10.1. The molecule has 2 heterocycles. The summed E-state index contributed by atoms with van der Waals surface area (Å²) in [5.74, 6) is 0.145. The van der Waals surface area contributed by atoms with E-state index in [4.69, 9.17) is 4.74 Å². The Hall–Kier alpha value is -3.00. The van der Waals surface area contributed by atoms with Crippen LogP contribution in [0.15, 0.2) is 66.1 Å². The summed E-state index contributed by atoms with van der Waals surface area (Å²) in [5, 5.41) is 0. The number of benzene rings is 1.